The van der Waals surface area contributed by atoms with Crippen molar-refractivity contribution in [3.63, 3.8) is 0 Å². The number of hydrogen-bond acceptors (Lipinski definition) is 4. The minimum absolute atomic E-state index is 0.633. The van der Waals surface area contributed by atoms with Crippen molar-refractivity contribution < 1.29 is 28.0 Å². The van der Waals surface area contributed by atoms with Gasteiger partial charge in [-0.3, -0.25) is 14.9 Å². The lowest BCUT2D eigenvalue weighted by Crippen LogP contribution is -2.23. The number of carbonyl (C=O) groups excluding carboxylic acids is 1. The van der Waals surface area contributed by atoms with Crippen LogP contribution in [0.3, 0.4) is 0 Å². The molecule has 0 aromatic heterocycles. The highest BCUT2D eigenvalue weighted by Gasteiger charge is 2.43. The van der Waals surface area contributed by atoms with Gasteiger partial charge in [-0.05, 0) is 12.1 Å². The van der Waals surface area contributed by atoms with E-state index in [1.807, 2.05) is 0 Å². The van der Waals surface area contributed by atoms with Crippen molar-refractivity contribution >= 4 is 11.5 Å². The molecular formula is C8H4F3NO4. The summed E-state index contributed by atoms with van der Waals surface area (Å²) >= 11 is 0. The van der Waals surface area contributed by atoms with Crippen LogP contribution in [0.25, 0.3) is 0 Å². The third-order valence-electron chi connectivity index (χ3n) is 1.70. The summed E-state index contributed by atoms with van der Waals surface area (Å²) in [6.07, 6.45) is -5.22. The van der Waals surface area contributed by atoms with Crippen LogP contribution in [0.4, 0.5) is 18.9 Å². The maximum Gasteiger partial charge on any atom is 0.455 e. The number of rotatable bonds is 2. The predicted molar refractivity (Wildman–Crippen MR) is 45.1 cm³/mol. The van der Waals surface area contributed by atoms with Crippen LogP contribution in [0, 0.1) is 10.1 Å². The summed E-state index contributed by atoms with van der Waals surface area (Å²) in [5.74, 6) is -3.35. The van der Waals surface area contributed by atoms with Gasteiger partial charge in [0, 0.05) is 0 Å². The van der Waals surface area contributed by atoms with Crippen molar-refractivity contribution in [1.82, 2.24) is 0 Å². The molecule has 1 aromatic rings. The van der Waals surface area contributed by atoms with Crippen LogP contribution in [-0.4, -0.2) is 22.0 Å². The highest BCUT2D eigenvalue weighted by Crippen LogP contribution is 2.33. The van der Waals surface area contributed by atoms with Crippen LogP contribution in [0.1, 0.15) is 10.4 Å². The van der Waals surface area contributed by atoms with Gasteiger partial charge in [0.1, 0.15) is 5.56 Å². The first-order valence-electron chi connectivity index (χ1n) is 3.83. The van der Waals surface area contributed by atoms with Gasteiger partial charge < -0.3 is 5.11 Å². The number of benzene rings is 1. The average Bonchev–Trinajstić information content (AvgIpc) is 2.14. The minimum Gasteiger partial charge on any atom is -0.502 e. The van der Waals surface area contributed by atoms with Crippen molar-refractivity contribution in [3.05, 3.63) is 33.9 Å². The molecule has 1 aromatic carbocycles. The molecule has 0 heterocycles. The van der Waals surface area contributed by atoms with Gasteiger partial charge in [0.15, 0.2) is 5.75 Å². The number of alkyl halides is 3. The molecule has 1 rings (SSSR count). The smallest absolute Gasteiger partial charge is 0.455 e. The summed E-state index contributed by atoms with van der Waals surface area (Å²) < 4.78 is 36.2. The lowest BCUT2D eigenvalue weighted by atomic mass is 10.1. The Bertz CT molecular complexity index is 455. The van der Waals surface area contributed by atoms with Crippen molar-refractivity contribution in [1.29, 1.82) is 0 Å². The SMILES string of the molecule is O=C(c1cccc(O)c1[N+](=O)[O-])C(F)(F)F. The minimum atomic E-state index is -5.22. The Kier molecular flexibility index (Phi) is 2.84. The maximum absolute atomic E-state index is 12.1. The first-order chi connectivity index (χ1) is 7.25. The average molecular weight is 235 g/mol. The molecule has 86 valence electrons. The van der Waals surface area contributed by atoms with E-state index >= 15 is 0 Å². The van der Waals surface area contributed by atoms with E-state index in [4.69, 9.17) is 5.11 Å². The second-order valence-electron chi connectivity index (χ2n) is 2.76. The van der Waals surface area contributed by atoms with Crippen molar-refractivity contribution in [3.8, 4) is 5.75 Å². The highest BCUT2D eigenvalue weighted by molar-refractivity contribution is 6.04. The van der Waals surface area contributed by atoms with Gasteiger partial charge in [0.05, 0.1) is 4.92 Å². The first-order valence-corrected chi connectivity index (χ1v) is 3.83. The Morgan fingerprint density at radius 2 is 1.94 bits per heavy atom. The Morgan fingerprint density at radius 3 is 2.38 bits per heavy atom. The molecule has 0 unspecified atom stereocenters. The van der Waals surface area contributed by atoms with E-state index in [9.17, 15) is 28.1 Å². The van der Waals surface area contributed by atoms with Crippen LogP contribution in [0.5, 0.6) is 5.75 Å². The fourth-order valence-electron chi connectivity index (χ4n) is 1.06. The molecule has 5 nitrogen and oxygen atoms in total. The number of nitro groups is 1. The zero-order valence-electron chi connectivity index (χ0n) is 7.49. The highest BCUT2D eigenvalue weighted by atomic mass is 19.4. The maximum atomic E-state index is 12.1. The standard InChI is InChI=1S/C8H4F3NO4/c9-8(10,11)7(14)4-2-1-3-5(13)6(4)12(15)16/h1-3,13H. The van der Waals surface area contributed by atoms with E-state index in [0.717, 1.165) is 12.1 Å². The normalized spacial score (nSPS) is 11.2. The Labute approximate surface area is 86.3 Å². The van der Waals surface area contributed by atoms with Crippen molar-refractivity contribution in [2.24, 2.45) is 0 Å². The molecule has 0 spiro atoms. The number of halogens is 3. The predicted octanol–water partition coefficient (Wildman–Crippen LogP) is 2.05. The lowest BCUT2D eigenvalue weighted by molar-refractivity contribution is -0.386. The number of phenolic OH excluding ortho intramolecular Hbond substituents is 1. The topological polar surface area (TPSA) is 80.4 Å². The van der Waals surface area contributed by atoms with E-state index in [-0.39, 0.29) is 0 Å². The molecule has 0 fully saturated rings. The third-order valence-corrected chi connectivity index (χ3v) is 1.70. The number of aromatic hydroxyl groups is 1. The molecular weight excluding hydrogens is 231 g/mol. The molecule has 0 amide bonds. The fraction of sp³-hybridized carbons (Fsp3) is 0.125. The Morgan fingerprint density at radius 1 is 1.38 bits per heavy atom. The Balaban J connectivity index is 3.40. The van der Waals surface area contributed by atoms with Gasteiger partial charge in [-0.2, -0.15) is 13.2 Å². The van der Waals surface area contributed by atoms with Gasteiger partial charge in [0.25, 0.3) is 5.78 Å². The number of nitrogens with zero attached hydrogens (tertiary/aromatic N) is 1. The second kappa shape index (κ2) is 3.80. The summed E-state index contributed by atoms with van der Waals surface area (Å²) in [6.45, 7) is 0. The number of nitro benzene ring substituents is 1. The summed E-state index contributed by atoms with van der Waals surface area (Å²) in [5.41, 5.74) is -2.43. The van der Waals surface area contributed by atoms with E-state index in [2.05, 4.69) is 0 Å². The van der Waals surface area contributed by atoms with Crippen LogP contribution in [-0.2, 0) is 0 Å². The van der Waals surface area contributed by atoms with Gasteiger partial charge in [-0.25, -0.2) is 0 Å². The summed E-state index contributed by atoms with van der Waals surface area (Å²) in [5, 5.41) is 19.4. The third kappa shape index (κ3) is 2.10. The van der Waals surface area contributed by atoms with Gasteiger partial charge >= 0.3 is 11.9 Å². The van der Waals surface area contributed by atoms with E-state index in [0.29, 0.717) is 6.07 Å². The lowest BCUT2D eigenvalue weighted by Gasteiger charge is -2.06. The van der Waals surface area contributed by atoms with Crippen molar-refractivity contribution in [2.75, 3.05) is 0 Å². The Hall–Kier alpha value is -2.12. The number of carbonyl (C=O) groups is 1. The van der Waals surface area contributed by atoms with E-state index in [1.165, 1.54) is 0 Å². The van der Waals surface area contributed by atoms with Crippen LogP contribution >= 0.6 is 0 Å². The van der Waals surface area contributed by atoms with Crippen LogP contribution in [0.2, 0.25) is 0 Å². The number of ketones is 1. The molecule has 0 aliphatic heterocycles. The molecule has 0 atom stereocenters. The largest absolute Gasteiger partial charge is 0.502 e. The summed E-state index contributed by atoms with van der Waals surface area (Å²) in [4.78, 5) is 20.0. The number of Topliss-reactive ketones (excluding diaryl/α,β-unsaturated/α-hetero) is 1. The van der Waals surface area contributed by atoms with E-state index < -0.39 is 33.9 Å². The van der Waals surface area contributed by atoms with Gasteiger partial charge in [0.2, 0.25) is 0 Å². The molecule has 0 saturated carbocycles. The van der Waals surface area contributed by atoms with Crippen LogP contribution < -0.4 is 0 Å². The molecule has 1 N–H and O–H groups in total. The number of phenols is 1. The summed E-state index contributed by atoms with van der Waals surface area (Å²) in [7, 11) is 0. The van der Waals surface area contributed by atoms with E-state index in [1.54, 1.807) is 0 Å². The molecule has 0 aliphatic rings. The summed E-state index contributed by atoms with van der Waals surface area (Å²) in [6, 6.07) is 2.38. The molecule has 8 heteroatoms. The quantitative estimate of drug-likeness (QED) is 0.483. The fourth-order valence-corrected chi connectivity index (χ4v) is 1.06. The monoisotopic (exact) mass is 235 g/mol. The zero-order valence-corrected chi connectivity index (χ0v) is 7.49. The molecule has 0 aliphatic carbocycles. The molecule has 16 heavy (non-hydrogen) atoms. The van der Waals surface area contributed by atoms with Crippen LogP contribution in [0.15, 0.2) is 18.2 Å². The zero-order chi connectivity index (χ0) is 12.5. The number of para-hydroxylation sites is 1. The second-order valence-corrected chi connectivity index (χ2v) is 2.76. The number of hydrogen-bond donors (Lipinski definition) is 1. The first kappa shape index (κ1) is 12.0. The van der Waals surface area contributed by atoms with Crippen molar-refractivity contribution in [2.45, 2.75) is 6.18 Å². The molecule has 0 bridgehead atoms. The molecule has 0 radical (unpaired) electrons. The van der Waals surface area contributed by atoms with Gasteiger partial charge in [-0.15, -0.1) is 0 Å². The molecule has 0 saturated heterocycles. The van der Waals surface area contributed by atoms with Gasteiger partial charge in [-0.1, -0.05) is 6.07 Å².